The molecule has 0 aromatic heterocycles. The summed E-state index contributed by atoms with van der Waals surface area (Å²) in [5.41, 5.74) is 1.27. The van der Waals surface area contributed by atoms with Crippen molar-refractivity contribution in [1.82, 2.24) is 10.2 Å². The van der Waals surface area contributed by atoms with Crippen LogP contribution in [0.3, 0.4) is 0 Å². The molecule has 0 radical (unpaired) electrons. The molecule has 0 aliphatic carbocycles. The minimum absolute atomic E-state index is 0.0320. The van der Waals surface area contributed by atoms with E-state index in [4.69, 9.17) is 16.7 Å². The number of nitrogens with one attached hydrogen (secondary N) is 1. The summed E-state index contributed by atoms with van der Waals surface area (Å²) < 4.78 is 0. The van der Waals surface area contributed by atoms with Gasteiger partial charge in [-0.2, -0.15) is 0 Å². The highest BCUT2D eigenvalue weighted by Crippen LogP contribution is 2.27. The molecule has 1 aromatic carbocycles. The molecule has 1 fully saturated rings. The number of aliphatic hydroxyl groups is 1. The minimum Gasteiger partial charge on any atom is -0.392 e. The van der Waals surface area contributed by atoms with Gasteiger partial charge in [-0.1, -0.05) is 23.7 Å². The number of rotatable bonds is 5. The number of amides is 1. The van der Waals surface area contributed by atoms with Gasteiger partial charge in [0.25, 0.3) is 0 Å². The highest BCUT2D eigenvalue weighted by molar-refractivity contribution is 6.30. The van der Waals surface area contributed by atoms with E-state index in [1.54, 1.807) is 6.92 Å². The van der Waals surface area contributed by atoms with Crippen molar-refractivity contribution in [3.63, 3.8) is 0 Å². The van der Waals surface area contributed by atoms with Gasteiger partial charge < -0.3 is 10.4 Å². The summed E-state index contributed by atoms with van der Waals surface area (Å²) in [5, 5.41) is 12.5. The molecule has 1 amide bonds. The van der Waals surface area contributed by atoms with E-state index in [1.807, 2.05) is 24.3 Å². The lowest BCUT2D eigenvalue weighted by Crippen LogP contribution is -2.50. The van der Waals surface area contributed by atoms with Gasteiger partial charge in [0.1, 0.15) is 0 Å². The van der Waals surface area contributed by atoms with Gasteiger partial charge in [-0.3, -0.25) is 9.69 Å². The molecule has 0 saturated carbocycles. The fourth-order valence-corrected chi connectivity index (χ4v) is 2.29. The summed E-state index contributed by atoms with van der Waals surface area (Å²) in [7, 11) is 0. The van der Waals surface area contributed by atoms with Crippen molar-refractivity contribution < 1.29 is 9.90 Å². The average molecular weight is 283 g/mol. The van der Waals surface area contributed by atoms with Crippen LogP contribution in [0.2, 0.25) is 5.02 Å². The molecule has 1 heterocycles. The molecule has 1 atom stereocenters. The van der Waals surface area contributed by atoms with Crippen molar-refractivity contribution >= 4 is 17.5 Å². The summed E-state index contributed by atoms with van der Waals surface area (Å²) >= 11 is 5.85. The lowest BCUT2D eigenvalue weighted by molar-refractivity contribution is -0.123. The van der Waals surface area contributed by atoms with Crippen molar-refractivity contribution in [1.29, 1.82) is 0 Å². The molecule has 2 N–H and O–H groups in total. The van der Waals surface area contributed by atoms with Crippen LogP contribution in [0.15, 0.2) is 24.3 Å². The van der Waals surface area contributed by atoms with Gasteiger partial charge in [0.2, 0.25) is 5.91 Å². The van der Waals surface area contributed by atoms with Crippen LogP contribution in [0.5, 0.6) is 0 Å². The third-order valence-corrected chi connectivity index (χ3v) is 3.51. The number of aliphatic hydroxyl groups excluding tert-OH is 1. The molecule has 2 rings (SSSR count). The van der Waals surface area contributed by atoms with Crippen LogP contribution in [0.1, 0.15) is 18.4 Å². The molecule has 1 aliphatic rings. The largest absolute Gasteiger partial charge is 0.392 e. The molecular formula is C14H19ClN2O2. The summed E-state index contributed by atoms with van der Waals surface area (Å²) in [4.78, 5) is 13.7. The van der Waals surface area contributed by atoms with E-state index >= 15 is 0 Å². The highest BCUT2D eigenvalue weighted by Gasteiger charge is 2.29. The van der Waals surface area contributed by atoms with Gasteiger partial charge in [-0.25, -0.2) is 0 Å². The van der Waals surface area contributed by atoms with Gasteiger partial charge in [0.05, 0.1) is 12.6 Å². The average Bonchev–Trinajstić information content (AvgIpc) is 2.32. The predicted octanol–water partition coefficient (Wildman–Crippen LogP) is 1.24. The van der Waals surface area contributed by atoms with Gasteiger partial charge in [0.15, 0.2) is 0 Å². The second-order valence-electron chi connectivity index (χ2n) is 5.10. The normalized spacial score (nSPS) is 17.8. The lowest BCUT2D eigenvalue weighted by Gasteiger charge is -2.39. The number of likely N-dealkylation sites (tertiary alicyclic amines) is 1. The number of nitrogens with zero attached hydrogens (tertiary/aromatic N) is 1. The highest BCUT2D eigenvalue weighted by atomic mass is 35.5. The Morgan fingerprint density at radius 1 is 1.47 bits per heavy atom. The smallest absolute Gasteiger partial charge is 0.234 e. The fourth-order valence-electron chi connectivity index (χ4n) is 2.17. The second kappa shape index (κ2) is 6.37. The molecule has 1 saturated heterocycles. The Kier molecular flexibility index (Phi) is 4.80. The summed E-state index contributed by atoms with van der Waals surface area (Å²) in [6.45, 7) is 4.15. The van der Waals surface area contributed by atoms with Crippen LogP contribution >= 0.6 is 11.6 Å². The van der Waals surface area contributed by atoms with Crippen molar-refractivity contribution in [2.45, 2.75) is 18.9 Å². The lowest BCUT2D eigenvalue weighted by atomic mass is 9.91. The number of hydrogen-bond acceptors (Lipinski definition) is 3. The van der Waals surface area contributed by atoms with E-state index in [9.17, 15) is 4.79 Å². The van der Waals surface area contributed by atoms with Crippen LogP contribution in [-0.2, 0) is 4.79 Å². The first-order valence-electron chi connectivity index (χ1n) is 6.47. The topological polar surface area (TPSA) is 52.6 Å². The van der Waals surface area contributed by atoms with E-state index in [1.165, 1.54) is 5.56 Å². The fraction of sp³-hybridized carbons (Fsp3) is 0.500. The van der Waals surface area contributed by atoms with Crippen LogP contribution < -0.4 is 5.32 Å². The van der Waals surface area contributed by atoms with Gasteiger partial charge in [-0.15, -0.1) is 0 Å². The van der Waals surface area contributed by atoms with Gasteiger partial charge >= 0.3 is 0 Å². The zero-order chi connectivity index (χ0) is 13.8. The van der Waals surface area contributed by atoms with Crippen molar-refractivity contribution in [3.05, 3.63) is 34.9 Å². The third kappa shape index (κ3) is 4.20. The van der Waals surface area contributed by atoms with Crippen molar-refractivity contribution in [2.24, 2.45) is 0 Å². The Labute approximate surface area is 118 Å². The number of hydrogen-bond donors (Lipinski definition) is 2. The Bertz CT molecular complexity index is 428. The minimum atomic E-state index is -0.498. The van der Waals surface area contributed by atoms with E-state index in [0.717, 1.165) is 18.1 Å². The van der Waals surface area contributed by atoms with Crippen molar-refractivity contribution in [2.75, 3.05) is 26.2 Å². The van der Waals surface area contributed by atoms with Gasteiger partial charge in [0, 0.05) is 30.6 Å². The number of halogens is 1. The van der Waals surface area contributed by atoms with Crippen molar-refractivity contribution in [3.8, 4) is 0 Å². The van der Waals surface area contributed by atoms with Crippen LogP contribution in [0.25, 0.3) is 0 Å². The first-order valence-corrected chi connectivity index (χ1v) is 6.85. The Balaban J connectivity index is 1.71. The Morgan fingerprint density at radius 3 is 2.68 bits per heavy atom. The van der Waals surface area contributed by atoms with Gasteiger partial charge in [-0.05, 0) is 24.6 Å². The predicted molar refractivity (Wildman–Crippen MR) is 75.3 cm³/mol. The van der Waals surface area contributed by atoms with E-state index in [2.05, 4.69) is 10.2 Å². The molecule has 4 nitrogen and oxygen atoms in total. The number of benzene rings is 1. The molecule has 19 heavy (non-hydrogen) atoms. The number of carbonyl (C=O) groups is 1. The third-order valence-electron chi connectivity index (χ3n) is 3.26. The SMILES string of the molecule is C[C@@H](O)CNC(=O)CN1CC(c2ccc(Cl)cc2)C1. The first-order chi connectivity index (χ1) is 9.04. The summed E-state index contributed by atoms with van der Waals surface area (Å²) in [6.07, 6.45) is -0.498. The summed E-state index contributed by atoms with van der Waals surface area (Å²) in [6, 6.07) is 7.87. The second-order valence-corrected chi connectivity index (χ2v) is 5.53. The Morgan fingerprint density at radius 2 is 2.11 bits per heavy atom. The molecule has 104 valence electrons. The van der Waals surface area contributed by atoms with Crippen LogP contribution in [0, 0.1) is 0 Å². The molecule has 5 heteroatoms. The van der Waals surface area contributed by atoms with E-state index in [-0.39, 0.29) is 5.91 Å². The van der Waals surface area contributed by atoms with E-state index in [0.29, 0.717) is 19.0 Å². The molecule has 0 unspecified atom stereocenters. The van der Waals surface area contributed by atoms with E-state index < -0.39 is 6.10 Å². The molecule has 0 spiro atoms. The van der Waals surface area contributed by atoms with Crippen LogP contribution in [0.4, 0.5) is 0 Å². The first kappa shape index (κ1) is 14.3. The quantitative estimate of drug-likeness (QED) is 0.854. The zero-order valence-corrected chi connectivity index (χ0v) is 11.7. The van der Waals surface area contributed by atoms with Crippen LogP contribution in [-0.4, -0.2) is 48.2 Å². The number of carbonyl (C=O) groups excluding carboxylic acids is 1. The monoisotopic (exact) mass is 282 g/mol. The maximum atomic E-state index is 11.6. The molecule has 0 bridgehead atoms. The summed E-state index contributed by atoms with van der Waals surface area (Å²) in [5.74, 6) is 0.456. The molecule has 1 aromatic rings. The molecular weight excluding hydrogens is 264 g/mol. The zero-order valence-electron chi connectivity index (χ0n) is 11.0. The maximum absolute atomic E-state index is 11.6. The Hall–Kier alpha value is -1.10. The maximum Gasteiger partial charge on any atom is 0.234 e. The standard InChI is InChI=1S/C14H19ClN2O2/c1-10(18)6-16-14(19)9-17-7-12(8-17)11-2-4-13(15)5-3-11/h2-5,10,12,18H,6-9H2,1H3,(H,16,19)/t10-/m1/s1. The molecule has 1 aliphatic heterocycles.